The molecular weight excluding hydrogens is 276 g/mol. The maximum absolute atomic E-state index is 8.61. The van der Waals surface area contributed by atoms with Gasteiger partial charge in [-0.3, -0.25) is 0 Å². The lowest BCUT2D eigenvalue weighted by Gasteiger charge is -2.04. The third-order valence-corrected chi connectivity index (χ3v) is 4.38. The molecule has 0 amide bonds. The quantitative estimate of drug-likeness (QED) is 0.635. The van der Waals surface area contributed by atoms with Gasteiger partial charge in [0.05, 0.1) is 19.8 Å². The molecule has 0 atom stereocenters. The van der Waals surface area contributed by atoms with Crippen LogP contribution in [0.1, 0.15) is 11.1 Å². The van der Waals surface area contributed by atoms with Gasteiger partial charge in [0, 0.05) is 23.0 Å². The van der Waals surface area contributed by atoms with E-state index in [0.717, 1.165) is 41.8 Å². The van der Waals surface area contributed by atoms with Gasteiger partial charge in [-0.15, -0.1) is 0 Å². The maximum Gasteiger partial charge on any atom is 0.0557 e. The van der Waals surface area contributed by atoms with Crippen LogP contribution in [-0.2, 0) is 10.5 Å². The third kappa shape index (κ3) is 8.37. The molecule has 0 radical (unpaired) electrons. The fourth-order valence-electron chi connectivity index (χ4n) is 1.44. The molecule has 0 saturated heterocycles. The highest BCUT2D eigenvalue weighted by Crippen LogP contribution is 2.13. The number of aliphatic hydroxyl groups is 1. The SMILES string of the molecule is C=Cc1ccc(CSCCOCCSCCO)cc1. The fraction of sp³-hybridized carbons (Fsp3) is 0.467. The lowest BCUT2D eigenvalue weighted by atomic mass is 10.1. The van der Waals surface area contributed by atoms with Crippen molar-refractivity contribution in [2.75, 3.05) is 37.1 Å². The average molecular weight is 298 g/mol. The maximum atomic E-state index is 8.61. The van der Waals surface area contributed by atoms with Crippen molar-refractivity contribution in [2.24, 2.45) is 0 Å². The van der Waals surface area contributed by atoms with E-state index in [-0.39, 0.29) is 6.61 Å². The molecule has 0 heterocycles. The van der Waals surface area contributed by atoms with Crippen molar-refractivity contribution in [3.05, 3.63) is 42.0 Å². The minimum atomic E-state index is 0.255. The van der Waals surface area contributed by atoms with Crippen molar-refractivity contribution in [1.82, 2.24) is 0 Å². The van der Waals surface area contributed by atoms with Crippen LogP contribution in [0.3, 0.4) is 0 Å². The summed E-state index contributed by atoms with van der Waals surface area (Å²) in [6.45, 7) is 5.58. The highest BCUT2D eigenvalue weighted by molar-refractivity contribution is 7.99. The average Bonchev–Trinajstić information content (AvgIpc) is 2.46. The van der Waals surface area contributed by atoms with Gasteiger partial charge in [0.1, 0.15) is 0 Å². The van der Waals surface area contributed by atoms with Crippen LogP contribution in [0.4, 0.5) is 0 Å². The fourth-order valence-corrected chi connectivity index (χ4v) is 2.82. The summed E-state index contributed by atoms with van der Waals surface area (Å²) in [4.78, 5) is 0. The van der Waals surface area contributed by atoms with Crippen LogP contribution in [0.5, 0.6) is 0 Å². The van der Waals surface area contributed by atoms with E-state index in [1.807, 2.05) is 17.8 Å². The summed E-state index contributed by atoms with van der Waals surface area (Å²) < 4.78 is 5.52. The summed E-state index contributed by atoms with van der Waals surface area (Å²) in [5.74, 6) is 3.82. The summed E-state index contributed by atoms with van der Waals surface area (Å²) in [6, 6.07) is 8.49. The summed E-state index contributed by atoms with van der Waals surface area (Å²) in [5, 5.41) is 8.61. The van der Waals surface area contributed by atoms with Crippen molar-refractivity contribution < 1.29 is 9.84 Å². The van der Waals surface area contributed by atoms with Crippen LogP contribution < -0.4 is 0 Å². The van der Waals surface area contributed by atoms with Crippen molar-refractivity contribution in [2.45, 2.75) is 5.75 Å². The Labute approximate surface area is 124 Å². The highest BCUT2D eigenvalue weighted by atomic mass is 32.2. The Morgan fingerprint density at radius 2 is 1.74 bits per heavy atom. The summed E-state index contributed by atoms with van der Waals surface area (Å²) in [5.41, 5.74) is 2.51. The van der Waals surface area contributed by atoms with Crippen LogP contribution >= 0.6 is 23.5 Å². The second-order valence-electron chi connectivity index (χ2n) is 3.95. The summed E-state index contributed by atoms with van der Waals surface area (Å²) >= 11 is 3.62. The number of benzene rings is 1. The zero-order valence-electron chi connectivity index (χ0n) is 11.2. The predicted molar refractivity (Wildman–Crippen MR) is 87.9 cm³/mol. The molecule has 1 rings (SSSR count). The first-order valence-electron chi connectivity index (χ1n) is 6.42. The standard InChI is InChI=1S/C15H22O2S2/c1-2-14-3-5-15(6-4-14)13-19-12-9-17-8-11-18-10-7-16/h2-6,16H,1,7-13H2. The topological polar surface area (TPSA) is 29.5 Å². The molecule has 0 spiro atoms. The molecule has 2 nitrogen and oxygen atoms in total. The predicted octanol–water partition coefficient (Wildman–Crippen LogP) is 3.30. The number of hydrogen-bond donors (Lipinski definition) is 1. The number of ether oxygens (including phenoxy) is 1. The smallest absolute Gasteiger partial charge is 0.0557 e. The zero-order valence-corrected chi connectivity index (χ0v) is 12.8. The van der Waals surface area contributed by atoms with Crippen LogP contribution in [0.25, 0.3) is 6.08 Å². The second kappa shape index (κ2) is 11.4. The molecule has 106 valence electrons. The molecule has 0 fully saturated rings. The van der Waals surface area contributed by atoms with E-state index in [1.165, 1.54) is 5.56 Å². The Morgan fingerprint density at radius 1 is 1.05 bits per heavy atom. The van der Waals surface area contributed by atoms with Gasteiger partial charge in [0.15, 0.2) is 0 Å². The van der Waals surface area contributed by atoms with E-state index in [0.29, 0.717) is 0 Å². The van der Waals surface area contributed by atoms with Gasteiger partial charge in [-0.25, -0.2) is 0 Å². The van der Waals surface area contributed by atoms with Gasteiger partial charge in [0.25, 0.3) is 0 Å². The van der Waals surface area contributed by atoms with Crippen LogP contribution in [0.15, 0.2) is 30.8 Å². The van der Waals surface area contributed by atoms with Crippen molar-refractivity contribution in [1.29, 1.82) is 0 Å². The van der Waals surface area contributed by atoms with E-state index < -0.39 is 0 Å². The van der Waals surface area contributed by atoms with Gasteiger partial charge in [0.2, 0.25) is 0 Å². The van der Waals surface area contributed by atoms with E-state index in [1.54, 1.807) is 11.8 Å². The van der Waals surface area contributed by atoms with Gasteiger partial charge < -0.3 is 9.84 Å². The second-order valence-corrected chi connectivity index (χ2v) is 6.28. The van der Waals surface area contributed by atoms with Crippen molar-refractivity contribution in [3.63, 3.8) is 0 Å². The van der Waals surface area contributed by atoms with Crippen LogP contribution in [-0.4, -0.2) is 42.2 Å². The monoisotopic (exact) mass is 298 g/mol. The Hall–Kier alpha value is -0.420. The molecule has 1 N–H and O–H groups in total. The Bertz CT molecular complexity index is 339. The molecule has 19 heavy (non-hydrogen) atoms. The number of thioether (sulfide) groups is 2. The number of hydrogen-bond acceptors (Lipinski definition) is 4. The third-order valence-electron chi connectivity index (χ3n) is 2.46. The molecule has 0 aliphatic rings. The minimum Gasteiger partial charge on any atom is -0.396 e. The van der Waals surface area contributed by atoms with Crippen LogP contribution in [0.2, 0.25) is 0 Å². The van der Waals surface area contributed by atoms with Gasteiger partial charge >= 0.3 is 0 Å². The Morgan fingerprint density at radius 3 is 2.37 bits per heavy atom. The molecule has 4 heteroatoms. The molecule has 0 saturated carbocycles. The van der Waals surface area contributed by atoms with Gasteiger partial charge in [-0.05, 0) is 11.1 Å². The molecular formula is C15H22O2S2. The number of aliphatic hydroxyl groups excluding tert-OH is 1. The largest absolute Gasteiger partial charge is 0.396 e. The van der Waals surface area contributed by atoms with Gasteiger partial charge in [-0.1, -0.05) is 36.9 Å². The van der Waals surface area contributed by atoms with E-state index in [4.69, 9.17) is 9.84 Å². The Balaban J connectivity index is 1.96. The Kier molecular flexibility index (Phi) is 9.99. The molecule has 1 aromatic rings. The first-order valence-corrected chi connectivity index (χ1v) is 8.73. The molecule has 0 bridgehead atoms. The van der Waals surface area contributed by atoms with E-state index >= 15 is 0 Å². The summed E-state index contributed by atoms with van der Waals surface area (Å²) in [7, 11) is 0. The number of rotatable bonds is 11. The lowest BCUT2D eigenvalue weighted by Crippen LogP contribution is -2.02. The highest BCUT2D eigenvalue weighted by Gasteiger charge is 1.95. The van der Waals surface area contributed by atoms with Crippen LogP contribution in [0, 0.1) is 0 Å². The molecule has 0 unspecified atom stereocenters. The van der Waals surface area contributed by atoms with E-state index in [2.05, 4.69) is 30.8 Å². The minimum absolute atomic E-state index is 0.255. The molecule has 0 aliphatic carbocycles. The molecule has 0 aliphatic heterocycles. The van der Waals surface area contributed by atoms with Gasteiger partial charge in [-0.2, -0.15) is 23.5 Å². The van der Waals surface area contributed by atoms with E-state index in [9.17, 15) is 0 Å². The molecule has 0 aromatic heterocycles. The normalized spacial score (nSPS) is 10.6. The molecule has 1 aromatic carbocycles. The zero-order chi connectivity index (χ0) is 13.8. The first kappa shape index (κ1) is 16.6. The van der Waals surface area contributed by atoms with Crippen molar-refractivity contribution >= 4 is 29.6 Å². The first-order chi connectivity index (χ1) is 9.36. The lowest BCUT2D eigenvalue weighted by molar-refractivity contribution is 0.167. The summed E-state index contributed by atoms with van der Waals surface area (Å²) in [6.07, 6.45) is 1.86. The van der Waals surface area contributed by atoms with Crippen molar-refractivity contribution in [3.8, 4) is 0 Å².